The summed E-state index contributed by atoms with van der Waals surface area (Å²) in [5, 5.41) is 22.5. The molecule has 91 valence electrons. The third-order valence-corrected chi connectivity index (χ3v) is 3.13. The van der Waals surface area contributed by atoms with Gasteiger partial charge in [0.2, 0.25) is 0 Å². The van der Waals surface area contributed by atoms with Crippen LogP contribution in [0.2, 0.25) is 0 Å². The second-order valence-electron chi connectivity index (χ2n) is 4.14. The molecular weight excluding hydrogens is 230 g/mol. The van der Waals surface area contributed by atoms with Crippen LogP contribution in [0.15, 0.2) is 36.4 Å². The van der Waals surface area contributed by atoms with Crippen molar-refractivity contribution >= 4 is 5.69 Å². The molecule has 2 aromatic rings. The number of hydrogen-bond acceptors (Lipinski definition) is 2. The predicted octanol–water partition coefficient (Wildman–Crippen LogP) is 4.02. The molecule has 1 radical (unpaired) electrons. The summed E-state index contributed by atoms with van der Waals surface area (Å²) < 4.78 is 0. The highest BCUT2D eigenvalue weighted by molar-refractivity contribution is 5.77. The number of nitro groups is 1. The molecule has 0 N–H and O–H groups in total. The van der Waals surface area contributed by atoms with Crippen LogP contribution in [-0.2, 0) is 5.11 Å². The van der Waals surface area contributed by atoms with Gasteiger partial charge in [-0.15, -0.1) is 0 Å². The summed E-state index contributed by atoms with van der Waals surface area (Å²) in [5.41, 5.74) is 2.75. The van der Waals surface area contributed by atoms with Gasteiger partial charge in [0.05, 0.1) is 10.5 Å². The van der Waals surface area contributed by atoms with Crippen LogP contribution < -0.4 is 0 Å². The number of benzene rings is 2. The Morgan fingerprint density at radius 3 is 2.28 bits per heavy atom. The van der Waals surface area contributed by atoms with Crippen molar-refractivity contribution < 1.29 is 10.0 Å². The van der Waals surface area contributed by atoms with E-state index < -0.39 is 4.92 Å². The molecule has 0 unspecified atom stereocenters. The lowest BCUT2D eigenvalue weighted by Gasteiger charge is -2.09. The summed E-state index contributed by atoms with van der Waals surface area (Å²) in [7, 11) is 0. The van der Waals surface area contributed by atoms with Crippen molar-refractivity contribution in [3.05, 3.63) is 57.6 Å². The molecule has 0 saturated carbocycles. The molecule has 0 heterocycles. The van der Waals surface area contributed by atoms with Crippen LogP contribution in [0.3, 0.4) is 0 Å². The number of hydrogen-bond donors (Lipinski definition) is 0. The summed E-state index contributed by atoms with van der Waals surface area (Å²) in [6.45, 7) is 3.54. The predicted molar refractivity (Wildman–Crippen MR) is 68.1 cm³/mol. The molecule has 0 aromatic heterocycles. The topological polar surface area (TPSA) is 63.0 Å². The quantitative estimate of drug-likeness (QED) is 0.589. The molecule has 0 fully saturated rings. The van der Waals surface area contributed by atoms with E-state index in [9.17, 15) is 15.2 Å². The van der Waals surface area contributed by atoms with Crippen molar-refractivity contribution in [2.24, 2.45) is 0 Å². The summed E-state index contributed by atoms with van der Waals surface area (Å²) in [6.07, 6.45) is 0. The zero-order valence-corrected chi connectivity index (χ0v) is 10.1. The molecule has 2 rings (SSSR count). The zero-order valence-electron chi connectivity index (χ0n) is 10.1. The number of nitro benzene ring substituents is 1. The van der Waals surface area contributed by atoms with Crippen molar-refractivity contribution in [1.82, 2.24) is 0 Å². The van der Waals surface area contributed by atoms with Crippen molar-refractivity contribution in [3.63, 3.8) is 0 Å². The molecule has 0 aliphatic heterocycles. The molecule has 0 spiro atoms. The number of para-hydroxylation sites is 1. The molecule has 0 aliphatic rings. The van der Waals surface area contributed by atoms with E-state index in [-0.39, 0.29) is 11.4 Å². The Morgan fingerprint density at radius 1 is 0.944 bits per heavy atom. The van der Waals surface area contributed by atoms with Gasteiger partial charge in [-0.3, -0.25) is 15.2 Å². The molecule has 0 amide bonds. The molecule has 0 bridgehead atoms. The number of nitrogens with zero attached hydrogens (tertiary/aromatic N) is 1. The Morgan fingerprint density at radius 2 is 1.61 bits per heavy atom. The Kier molecular flexibility index (Phi) is 3.02. The van der Waals surface area contributed by atoms with Gasteiger partial charge >= 0.3 is 0 Å². The molecule has 4 heteroatoms. The van der Waals surface area contributed by atoms with E-state index >= 15 is 0 Å². The van der Waals surface area contributed by atoms with Crippen LogP contribution >= 0.6 is 0 Å². The fraction of sp³-hybridized carbons (Fsp3) is 0.143. The largest absolute Gasteiger partial charge is 0.290 e. The van der Waals surface area contributed by atoms with Crippen molar-refractivity contribution in [1.29, 1.82) is 0 Å². The smallest absolute Gasteiger partial charge is 0.277 e. The first-order valence-electron chi connectivity index (χ1n) is 5.53. The lowest BCUT2D eigenvalue weighted by Crippen LogP contribution is -1.94. The van der Waals surface area contributed by atoms with Gasteiger partial charge in [0.25, 0.3) is 5.69 Å². The van der Waals surface area contributed by atoms with Gasteiger partial charge in [-0.2, -0.15) is 0 Å². The maximum atomic E-state index is 11.5. The molecule has 2 aromatic carbocycles. The van der Waals surface area contributed by atoms with Crippen LogP contribution in [0.5, 0.6) is 5.75 Å². The second-order valence-corrected chi connectivity index (χ2v) is 4.14. The minimum atomic E-state index is -0.408. The summed E-state index contributed by atoms with van der Waals surface area (Å²) in [5.74, 6) is -0.0464. The Hall–Kier alpha value is -2.36. The Labute approximate surface area is 105 Å². The lowest BCUT2D eigenvalue weighted by molar-refractivity contribution is -0.384. The summed E-state index contributed by atoms with van der Waals surface area (Å²) in [6, 6.07) is 9.65. The fourth-order valence-electron chi connectivity index (χ4n) is 1.95. The molecule has 0 atom stereocenters. The highest BCUT2D eigenvalue weighted by atomic mass is 16.6. The van der Waals surface area contributed by atoms with Crippen molar-refractivity contribution in [2.75, 3.05) is 0 Å². The van der Waals surface area contributed by atoms with Crippen LogP contribution in [0.4, 0.5) is 5.69 Å². The van der Waals surface area contributed by atoms with Crippen LogP contribution in [0.25, 0.3) is 11.1 Å². The average molecular weight is 242 g/mol. The highest BCUT2D eigenvalue weighted by Gasteiger charge is 2.17. The standard InChI is InChI=1S/C14H12NO3/c1-9-10(2)14(16)8-7-11(9)12-5-3-4-6-13(12)15(17)18/h3-8H,1-2H3. The van der Waals surface area contributed by atoms with E-state index in [0.717, 1.165) is 11.1 Å². The molecule has 0 aliphatic carbocycles. The van der Waals surface area contributed by atoms with Gasteiger partial charge in [0, 0.05) is 6.07 Å². The van der Waals surface area contributed by atoms with Gasteiger partial charge in [0.15, 0.2) is 5.75 Å². The normalized spacial score (nSPS) is 10.3. The average Bonchev–Trinajstić information content (AvgIpc) is 2.36. The van der Waals surface area contributed by atoms with Gasteiger partial charge in [-0.1, -0.05) is 12.1 Å². The maximum Gasteiger partial charge on any atom is 0.277 e. The van der Waals surface area contributed by atoms with E-state index in [1.54, 1.807) is 31.2 Å². The number of rotatable bonds is 2. The monoisotopic (exact) mass is 242 g/mol. The fourth-order valence-corrected chi connectivity index (χ4v) is 1.95. The third-order valence-electron chi connectivity index (χ3n) is 3.13. The summed E-state index contributed by atoms with van der Waals surface area (Å²) >= 11 is 0. The van der Waals surface area contributed by atoms with Crippen molar-refractivity contribution in [2.45, 2.75) is 13.8 Å². The first kappa shape index (κ1) is 12.1. The van der Waals surface area contributed by atoms with Gasteiger partial charge < -0.3 is 0 Å². The molecule has 0 saturated heterocycles. The van der Waals surface area contributed by atoms with Crippen molar-refractivity contribution in [3.8, 4) is 16.9 Å². The summed E-state index contributed by atoms with van der Waals surface area (Å²) in [4.78, 5) is 10.6. The van der Waals surface area contributed by atoms with Gasteiger partial charge in [-0.05, 0) is 48.7 Å². The SMILES string of the molecule is Cc1c([O])ccc(-c2ccccc2[N+](=O)[O-])c1C. The maximum absolute atomic E-state index is 11.5. The Bertz CT molecular complexity index is 620. The second kappa shape index (κ2) is 4.49. The van der Waals surface area contributed by atoms with Crippen LogP contribution in [-0.4, -0.2) is 4.92 Å². The molecule has 18 heavy (non-hydrogen) atoms. The molecule has 4 nitrogen and oxygen atoms in total. The van der Waals surface area contributed by atoms with E-state index in [4.69, 9.17) is 0 Å². The van der Waals surface area contributed by atoms with Gasteiger partial charge in [0.1, 0.15) is 0 Å². The third kappa shape index (κ3) is 1.93. The lowest BCUT2D eigenvalue weighted by atomic mass is 9.95. The van der Waals surface area contributed by atoms with E-state index in [2.05, 4.69) is 0 Å². The van der Waals surface area contributed by atoms with Crippen LogP contribution in [0.1, 0.15) is 11.1 Å². The van der Waals surface area contributed by atoms with E-state index in [1.165, 1.54) is 12.1 Å². The van der Waals surface area contributed by atoms with Crippen LogP contribution in [0, 0.1) is 24.0 Å². The first-order chi connectivity index (χ1) is 8.52. The Balaban J connectivity index is 2.70. The zero-order chi connectivity index (χ0) is 13.3. The van der Waals surface area contributed by atoms with E-state index in [1.807, 2.05) is 6.92 Å². The van der Waals surface area contributed by atoms with Gasteiger partial charge in [-0.25, -0.2) is 0 Å². The minimum Gasteiger partial charge on any atom is -0.290 e. The molecular formula is C14H12NO3. The van der Waals surface area contributed by atoms with E-state index in [0.29, 0.717) is 11.1 Å². The minimum absolute atomic E-state index is 0.0464. The first-order valence-corrected chi connectivity index (χ1v) is 5.53. The highest BCUT2D eigenvalue weighted by Crippen LogP contribution is 2.35.